The lowest BCUT2D eigenvalue weighted by Crippen LogP contribution is -2.29. The number of carbonyl (C=O) groups is 1. The van der Waals surface area contributed by atoms with Crippen LogP contribution in [0, 0.1) is 0 Å². The smallest absolute Gasteiger partial charge is 0.267 e. The molecule has 17 heavy (non-hydrogen) atoms. The van der Waals surface area contributed by atoms with Crippen LogP contribution in [0.5, 0.6) is 0 Å². The predicted octanol–water partition coefficient (Wildman–Crippen LogP) is 1.50. The average Bonchev–Trinajstić information content (AvgIpc) is 2.73. The number of amides is 1. The first-order valence-electron chi connectivity index (χ1n) is 5.69. The van der Waals surface area contributed by atoms with Gasteiger partial charge >= 0.3 is 0 Å². The van der Waals surface area contributed by atoms with E-state index in [1.807, 2.05) is 13.8 Å². The molecule has 1 unspecified atom stereocenters. The largest absolute Gasteiger partial charge is 0.393 e. The fourth-order valence-electron chi connectivity index (χ4n) is 1.38. The van der Waals surface area contributed by atoms with E-state index < -0.39 is 6.10 Å². The van der Waals surface area contributed by atoms with Gasteiger partial charge in [-0.15, -0.1) is 5.10 Å². The molecule has 0 aliphatic rings. The number of hydrogen-bond acceptors (Lipinski definition) is 5. The molecule has 96 valence electrons. The number of carbonyl (C=O) groups excluding carboxylic acids is 1. The summed E-state index contributed by atoms with van der Waals surface area (Å²) in [5.41, 5.74) is 0.754. The van der Waals surface area contributed by atoms with Gasteiger partial charge < -0.3 is 10.0 Å². The topological polar surface area (TPSA) is 66.3 Å². The zero-order chi connectivity index (χ0) is 13.0. The molecule has 0 aliphatic carbocycles. The maximum atomic E-state index is 12.1. The maximum Gasteiger partial charge on any atom is 0.267 e. The van der Waals surface area contributed by atoms with Crippen LogP contribution in [0.25, 0.3) is 0 Å². The van der Waals surface area contributed by atoms with Crippen molar-refractivity contribution in [1.82, 2.24) is 14.5 Å². The zero-order valence-electron chi connectivity index (χ0n) is 10.7. The summed E-state index contributed by atoms with van der Waals surface area (Å²) in [5.74, 6) is 0.127. The quantitative estimate of drug-likeness (QED) is 0.868. The first-order valence-corrected chi connectivity index (χ1v) is 6.46. The Balaban J connectivity index is 2.71. The van der Waals surface area contributed by atoms with E-state index in [9.17, 15) is 9.90 Å². The van der Waals surface area contributed by atoms with Crippen molar-refractivity contribution in [1.29, 1.82) is 0 Å². The Labute approximate surface area is 106 Å². The van der Waals surface area contributed by atoms with Crippen LogP contribution in [0.2, 0.25) is 0 Å². The number of aliphatic hydroxyl groups is 1. The van der Waals surface area contributed by atoms with Gasteiger partial charge in [0.25, 0.3) is 5.91 Å². The Bertz CT molecular complexity index is 377. The van der Waals surface area contributed by atoms with E-state index in [2.05, 4.69) is 9.59 Å². The normalized spacial score (nSPS) is 12.8. The first kappa shape index (κ1) is 14.1. The molecule has 1 rings (SSSR count). The number of aromatic nitrogens is 2. The summed E-state index contributed by atoms with van der Waals surface area (Å²) >= 11 is 1.13. The summed E-state index contributed by atoms with van der Waals surface area (Å²) in [5, 5.41) is 13.2. The number of hydrogen-bond donors (Lipinski definition) is 1. The number of rotatable bonds is 5. The van der Waals surface area contributed by atoms with Crippen molar-refractivity contribution in [2.45, 2.75) is 39.2 Å². The summed E-state index contributed by atoms with van der Waals surface area (Å²) in [6.45, 7) is 6.23. The Hall–Kier alpha value is -1.01. The maximum absolute atomic E-state index is 12.1. The SMILES string of the molecule is CC(O)CCN(C)C(=O)c1snnc1C(C)C. The molecular weight excluding hydrogens is 238 g/mol. The van der Waals surface area contributed by atoms with Crippen LogP contribution in [0.4, 0.5) is 0 Å². The number of nitrogens with zero attached hydrogens (tertiary/aromatic N) is 3. The molecule has 0 saturated heterocycles. The van der Waals surface area contributed by atoms with Gasteiger partial charge in [-0.2, -0.15) is 0 Å². The summed E-state index contributed by atoms with van der Waals surface area (Å²) in [6, 6.07) is 0. The minimum atomic E-state index is -0.394. The molecule has 0 saturated carbocycles. The van der Waals surface area contributed by atoms with Crippen molar-refractivity contribution in [3.8, 4) is 0 Å². The van der Waals surface area contributed by atoms with Gasteiger partial charge in [0.1, 0.15) is 4.88 Å². The minimum absolute atomic E-state index is 0.0654. The van der Waals surface area contributed by atoms with Gasteiger partial charge in [0.15, 0.2) is 0 Å². The molecule has 1 heterocycles. The highest BCUT2D eigenvalue weighted by Crippen LogP contribution is 2.21. The molecule has 0 radical (unpaired) electrons. The zero-order valence-corrected chi connectivity index (χ0v) is 11.5. The lowest BCUT2D eigenvalue weighted by atomic mass is 10.1. The highest BCUT2D eigenvalue weighted by molar-refractivity contribution is 7.08. The second kappa shape index (κ2) is 6.07. The van der Waals surface area contributed by atoms with Crippen LogP contribution < -0.4 is 0 Å². The molecule has 1 N–H and O–H groups in total. The van der Waals surface area contributed by atoms with E-state index in [-0.39, 0.29) is 11.8 Å². The van der Waals surface area contributed by atoms with Crippen LogP contribution in [-0.2, 0) is 0 Å². The lowest BCUT2D eigenvalue weighted by Gasteiger charge is -2.17. The van der Waals surface area contributed by atoms with Gasteiger partial charge in [-0.3, -0.25) is 4.79 Å². The van der Waals surface area contributed by atoms with E-state index in [0.717, 1.165) is 17.2 Å². The summed E-state index contributed by atoms with van der Waals surface area (Å²) in [6.07, 6.45) is 0.181. The van der Waals surface area contributed by atoms with E-state index in [4.69, 9.17) is 0 Å². The van der Waals surface area contributed by atoms with Crippen molar-refractivity contribution in [3.63, 3.8) is 0 Å². The van der Waals surface area contributed by atoms with Crippen molar-refractivity contribution in [3.05, 3.63) is 10.6 Å². The minimum Gasteiger partial charge on any atom is -0.393 e. The van der Waals surface area contributed by atoms with Crippen molar-refractivity contribution < 1.29 is 9.90 Å². The van der Waals surface area contributed by atoms with E-state index in [0.29, 0.717) is 17.8 Å². The van der Waals surface area contributed by atoms with Crippen LogP contribution in [0.15, 0.2) is 0 Å². The third kappa shape index (κ3) is 3.74. The Kier molecular flexibility index (Phi) is 5.02. The van der Waals surface area contributed by atoms with Gasteiger partial charge in [0, 0.05) is 13.6 Å². The third-order valence-corrected chi connectivity index (χ3v) is 3.21. The lowest BCUT2D eigenvalue weighted by molar-refractivity contribution is 0.0772. The Morgan fingerprint density at radius 2 is 2.12 bits per heavy atom. The second-order valence-corrected chi connectivity index (χ2v) is 5.26. The van der Waals surface area contributed by atoms with Crippen LogP contribution in [0.3, 0.4) is 0 Å². The average molecular weight is 257 g/mol. The molecule has 0 fully saturated rings. The fraction of sp³-hybridized carbons (Fsp3) is 0.727. The van der Waals surface area contributed by atoms with Gasteiger partial charge in [-0.1, -0.05) is 18.3 Å². The van der Waals surface area contributed by atoms with Gasteiger partial charge in [-0.25, -0.2) is 0 Å². The van der Waals surface area contributed by atoms with Gasteiger partial charge in [0.2, 0.25) is 0 Å². The summed E-state index contributed by atoms with van der Waals surface area (Å²) in [4.78, 5) is 14.3. The molecule has 1 aromatic rings. The standard InChI is InChI=1S/C11H19N3O2S/c1-7(2)9-10(17-13-12-9)11(16)14(4)6-5-8(3)15/h7-8,15H,5-6H2,1-4H3. The van der Waals surface area contributed by atoms with Crippen molar-refractivity contribution >= 4 is 17.4 Å². The monoisotopic (exact) mass is 257 g/mol. The van der Waals surface area contributed by atoms with Crippen LogP contribution >= 0.6 is 11.5 Å². The molecule has 0 bridgehead atoms. The van der Waals surface area contributed by atoms with Gasteiger partial charge in [0.05, 0.1) is 11.8 Å². The van der Waals surface area contributed by atoms with Crippen LogP contribution in [-0.4, -0.2) is 45.2 Å². The molecule has 1 amide bonds. The molecule has 1 aromatic heterocycles. The van der Waals surface area contributed by atoms with E-state index in [1.54, 1.807) is 18.9 Å². The highest BCUT2D eigenvalue weighted by Gasteiger charge is 2.21. The van der Waals surface area contributed by atoms with E-state index >= 15 is 0 Å². The second-order valence-electron chi connectivity index (χ2n) is 4.51. The molecule has 1 atom stereocenters. The molecule has 0 spiro atoms. The van der Waals surface area contributed by atoms with E-state index in [1.165, 1.54) is 0 Å². The first-order chi connectivity index (χ1) is 7.93. The predicted molar refractivity (Wildman–Crippen MR) is 67.3 cm³/mol. The molecule has 0 aliphatic heterocycles. The molecular formula is C11H19N3O2S. The summed E-state index contributed by atoms with van der Waals surface area (Å²) in [7, 11) is 1.73. The summed E-state index contributed by atoms with van der Waals surface area (Å²) < 4.78 is 3.84. The molecule has 5 nitrogen and oxygen atoms in total. The van der Waals surface area contributed by atoms with Gasteiger partial charge in [-0.05, 0) is 30.8 Å². The van der Waals surface area contributed by atoms with Crippen LogP contribution in [0.1, 0.15) is 48.5 Å². The number of aliphatic hydroxyl groups excluding tert-OH is 1. The van der Waals surface area contributed by atoms with Crippen molar-refractivity contribution in [2.75, 3.05) is 13.6 Å². The molecule has 6 heteroatoms. The fourth-order valence-corrected chi connectivity index (χ4v) is 2.19. The Morgan fingerprint density at radius 3 is 2.65 bits per heavy atom. The highest BCUT2D eigenvalue weighted by atomic mass is 32.1. The third-order valence-electron chi connectivity index (χ3n) is 2.48. The molecule has 0 aromatic carbocycles. The Morgan fingerprint density at radius 1 is 1.47 bits per heavy atom. The van der Waals surface area contributed by atoms with Crippen molar-refractivity contribution in [2.24, 2.45) is 0 Å².